The molecule has 0 fully saturated rings. The van der Waals surface area contributed by atoms with Crippen molar-refractivity contribution in [1.29, 1.82) is 0 Å². The van der Waals surface area contributed by atoms with Gasteiger partial charge in [0.2, 0.25) is 0 Å². The first-order chi connectivity index (χ1) is 13.5. The molecule has 0 saturated carbocycles. The van der Waals surface area contributed by atoms with Gasteiger partial charge in [0, 0.05) is 4.88 Å². The maximum absolute atomic E-state index is 13.7. The number of fused-ring (bicyclic) bond motifs is 1. The van der Waals surface area contributed by atoms with E-state index in [4.69, 9.17) is 14.7 Å². The average molecular weight is 404 g/mol. The molecule has 0 radical (unpaired) electrons. The molecule has 0 atom stereocenters. The van der Waals surface area contributed by atoms with Gasteiger partial charge in [-0.3, -0.25) is 0 Å². The molecule has 0 aliphatic rings. The number of nitrogens with zero attached hydrogens (tertiary/aromatic N) is 2. The molecule has 2 heterocycles. The Labute approximate surface area is 169 Å². The minimum Gasteiger partial charge on any atom is -0.489 e. The van der Waals surface area contributed by atoms with Crippen LogP contribution in [-0.4, -0.2) is 36.2 Å². The van der Waals surface area contributed by atoms with Crippen LogP contribution in [0, 0.1) is 19.7 Å². The number of nitrogens with one attached hydrogen (secondary N) is 2. The van der Waals surface area contributed by atoms with Gasteiger partial charge < -0.3 is 15.0 Å². The molecule has 28 heavy (non-hydrogen) atoms. The summed E-state index contributed by atoms with van der Waals surface area (Å²) < 4.78 is 19.2. The van der Waals surface area contributed by atoms with E-state index in [1.165, 1.54) is 21.4 Å². The highest BCUT2D eigenvalue weighted by atomic mass is 32.1. The van der Waals surface area contributed by atoms with Crippen LogP contribution >= 0.6 is 11.3 Å². The normalized spacial score (nSPS) is 11.4. The number of benzene rings is 1. The van der Waals surface area contributed by atoms with Crippen molar-refractivity contribution in [2.45, 2.75) is 34.2 Å². The number of hydrogen-bond donors (Lipinski definition) is 2. The molecule has 5 nitrogen and oxygen atoms in total. The number of aryl methyl sites for hydroxylation is 2. The number of aromatic nitrogens is 2. The Kier molecular flexibility index (Phi) is 6.80. The predicted molar refractivity (Wildman–Crippen MR) is 113 cm³/mol. The van der Waals surface area contributed by atoms with E-state index >= 15 is 0 Å². The van der Waals surface area contributed by atoms with E-state index in [0.29, 0.717) is 13.2 Å². The third-order valence-corrected chi connectivity index (χ3v) is 6.07. The highest BCUT2D eigenvalue weighted by Gasteiger charge is 2.16. The van der Waals surface area contributed by atoms with Crippen molar-refractivity contribution in [2.75, 3.05) is 31.6 Å². The fourth-order valence-corrected chi connectivity index (χ4v) is 4.16. The number of quaternary nitrogens is 1. The van der Waals surface area contributed by atoms with Crippen LogP contribution in [0.4, 0.5) is 10.2 Å². The summed E-state index contributed by atoms with van der Waals surface area (Å²) >= 11 is 1.71. The molecular weight excluding hydrogens is 375 g/mol. The zero-order chi connectivity index (χ0) is 20.1. The molecule has 3 rings (SSSR count). The van der Waals surface area contributed by atoms with Gasteiger partial charge in [-0.15, -0.1) is 11.3 Å². The Morgan fingerprint density at radius 3 is 2.61 bits per heavy atom. The highest BCUT2D eigenvalue weighted by molar-refractivity contribution is 7.18. The van der Waals surface area contributed by atoms with Crippen molar-refractivity contribution in [2.24, 2.45) is 0 Å². The van der Waals surface area contributed by atoms with Crippen LogP contribution in [0.5, 0.6) is 5.75 Å². The minimum absolute atomic E-state index is 0.269. The number of halogens is 1. The van der Waals surface area contributed by atoms with Crippen LogP contribution in [0.25, 0.3) is 10.2 Å². The summed E-state index contributed by atoms with van der Waals surface area (Å²) in [4.78, 5) is 13.3. The predicted octanol–water partition coefficient (Wildman–Crippen LogP) is 3.36. The summed E-state index contributed by atoms with van der Waals surface area (Å²) in [7, 11) is 0. The lowest BCUT2D eigenvalue weighted by Gasteiger charge is -2.15. The largest absolute Gasteiger partial charge is 0.489 e. The lowest BCUT2D eigenvalue weighted by molar-refractivity contribution is -0.910. The average Bonchev–Trinajstić information content (AvgIpc) is 2.98. The smallest absolute Gasteiger partial charge is 0.187 e. The Bertz CT molecular complexity index is 940. The van der Waals surface area contributed by atoms with E-state index in [2.05, 4.69) is 33.0 Å². The highest BCUT2D eigenvalue weighted by Crippen LogP contribution is 2.33. The van der Waals surface area contributed by atoms with E-state index < -0.39 is 0 Å². The van der Waals surface area contributed by atoms with Gasteiger partial charge in [-0.1, -0.05) is 12.1 Å². The van der Waals surface area contributed by atoms with Gasteiger partial charge in [0.15, 0.2) is 17.4 Å². The number of rotatable bonds is 9. The minimum atomic E-state index is -0.347. The molecule has 0 bridgehead atoms. The number of anilines is 1. The summed E-state index contributed by atoms with van der Waals surface area (Å²) in [6.07, 6.45) is 0. The molecule has 150 valence electrons. The second-order valence-corrected chi connectivity index (χ2v) is 7.99. The third-order valence-electron chi connectivity index (χ3n) is 4.97. The van der Waals surface area contributed by atoms with Gasteiger partial charge in [-0.05, 0) is 45.4 Å². The SMILES string of the molecule is CC[NH+](CC)Cc1nc(NCCOc2ccccc2F)c2c(C)c(C)sc2n1. The van der Waals surface area contributed by atoms with E-state index in [-0.39, 0.29) is 11.6 Å². The maximum Gasteiger partial charge on any atom is 0.187 e. The van der Waals surface area contributed by atoms with Gasteiger partial charge in [0.25, 0.3) is 0 Å². The van der Waals surface area contributed by atoms with Crippen molar-refractivity contribution in [3.05, 3.63) is 46.3 Å². The van der Waals surface area contributed by atoms with E-state index in [9.17, 15) is 4.39 Å². The molecule has 2 aromatic heterocycles. The molecule has 1 aromatic carbocycles. The lowest BCUT2D eigenvalue weighted by Crippen LogP contribution is -3.10. The molecule has 0 aliphatic heterocycles. The summed E-state index contributed by atoms with van der Waals surface area (Å²) in [5, 5.41) is 4.46. The maximum atomic E-state index is 13.7. The first kappa shape index (κ1) is 20.5. The molecule has 0 amide bonds. The molecule has 0 spiro atoms. The first-order valence-electron chi connectivity index (χ1n) is 9.74. The Morgan fingerprint density at radius 1 is 1.14 bits per heavy atom. The number of ether oxygens (including phenoxy) is 1. The zero-order valence-electron chi connectivity index (χ0n) is 16.9. The lowest BCUT2D eigenvalue weighted by atomic mass is 10.2. The first-order valence-corrected chi connectivity index (χ1v) is 10.6. The van der Waals surface area contributed by atoms with Crippen molar-refractivity contribution in [1.82, 2.24) is 9.97 Å². The summed E-state index contributed by atoms with van der Waals surface area (Å²) in [5.41, 5.74) is 1.21. The Balaban J connectivity index is 1.77. The molecular formula is C21H28FN4OS+. The van der Waals surface area contributed by atoms with Crippen molar-refractivity contribution < 1.29 is 14.0 Å². The summed E-state index contributed by atoms with van der Waals surface area (Å²) in [5.74, 6) is 1.61. The van der Waals surface area contributed by atoms with E-state index in [1.54, 1.807) is 29.5 Å². The van der Waals surface area contributed by atoms with Gasteiger partial charge >= 0.3 is 0 Å². The van der Waals surface area contributed by atoms with Gasteiger partial charge in [-0.25, -0.2) is 14.4 Å². The number of thiophene rings is 1. The Morgan fingerprint density at radius 2 is 1.89 bits per heavy atom. The molecule has 7 heteroatoms. The number of para-hydroxylation sites is 1. The fraction of sp³-hybridized carbons (Fsp3) is 0.429. The van der Waals surface area contributed by atoms with Gasteiger partial charge in [0.1, 0.15) is 23.8 Å². The summed E-state index contributed by atoms with van der Waals surface area (Å²) in [6, 6.07) is 6.45. The molecule has 2 N–H and O–H groups in total. The molecule has 0 aliphatic carbocycles. The Hall–Kier alpha value is -2.25. The second-order valence-electron chi connectivity index (χ2n) is 6.79. The van der Waals surface area contributed by atoms with Crippen LogP contribution in [0.3, 0.4) is 0 Å². The molecule has 0 unspecified atom stereocenters. The zero-order valence-corrected chi connectivity index (χ0v) is 17.8. The topological polar surface area (TPSA) is 51.5 Å². The second kappa shape index (κ2) is 9.30. The van der Waals surface area contributed by atoms with Gasteiger partial charge in [0.05, 0.1) is 25.0 Å². The number of hydrogen-bond acceptors (Lipinski definition) is 5. The van der Waals surface area contributed by atoms with Crippen LogP contribution in [0.1, 0.15) is 30.1 Å². The summed E-state index contributed by atoms with van der Waals surface area (Å²) in [6.45, 7) is 12.3. The van der Waals surface area contributed by atoms with Crippen molar-refractivity contribution >= 4 is 27.4 Å². The standard InChI is InChI=1S/C21H27FN4OS/c1-5-26(6-2)13-18-24-20(19-14(3)15(4)28-21(19)25-18)23-11-12-27-17-10-8-7-9-16(17)22/h7-10H,5-6,11-13H2,1-4H3,(H,23,24,25)/p+1. The van der Waals surface area contributed by atoms with E-state index in [0.717, 1.165) is 41.5 Å². The van der Waals surface area contributed by atoms with Crippen molar-refractivity contribution in [3.8, 4) is 5.75 Å². The van der Waals surface area contributed by atoms with Crippen molar-refractivity contribution in [3.63, 3.8) is 0 Å². The third kappa shape index (κ3) is 4.59. The van der Waals surface area contributed by atoms with Crippen LogP contribution in [0.2, 0.25) is 0 Å². The molecule has 3 aromatic rings. The van der Waals surface area contributed by atoms with Crippen LogP contribution in [0.15, 0.2) is 24.3 Å². The van der Waals surface area contributed by atoms with Gasteiger partial charge in [-0.2, -0.15) is 0 Å². The van der Waals surface area contributed by atoms with Crippen LogP contribution in [-0.2, 0) is 6.54 Å². The monoisotopic (exact) mass is 403 g/mol. The molecule has 0 saturated heterocycles. The van der Waals surface area contributed by atoms with E-state index in [1.807, 2.05) is 0 Å². The quantitative estimate of drug-likeness (QED) is 0.538. The van der Waals surface area contributed by atoms with Crippen LogP contribution < -0.4 is 15.0 Å². The fourth-order valence-electron chi connectivity index (χ4n) is 3.12.